The van der Waals surface area contributed by atoms with Crippen LogP contribution in [0.15, 0.2) is 24.3 Å². The van der Waals surface area contributed by atoms with Gasteiger partial charge in [0.2, 0.25) is 0 Å². The fraction of sp³-hybridized carbons (Fsp3) is 0.533. The molecule has 19 heavy (non-hydrogen) atoms. The molecule has 0 atom stereocenters. The molecule has 0 aliphatic carbocycles. The van der Waals surface area contributed by atoms with Crippen molar-refractivity contribution in [3.8, 4) is 0 Å². The molecule has 0 unspecified atom stereocenters. The maximum Gasteiger partial charge on any atom is 0.309 e. The quantitative estimate of drug-likeness (QED) is 0.547. The second-order valence-corrected chi connectivity index (χ2v) is 4.32. The predicted octanol–water partition coefficient (Wildman–Crippen LogP) is 1.92. The van der Waals surface area contributed by atoms with Gasteiger partial charge in [0.05, 0.1) is 26.7 Å². The standard InChI is InChI=1S/C15H23NO3/c1-3-8-16-9-10-19-12-14-7-5-4-6-13(14)11-15(17)18-2/h4-7,16H,3,8-12H2,1-2H3. The van der Waals surface area contributed by atoms with Crippen LogP contribution in [0.25, 0.3) is 0 Å². The van der Waals surface area contributed by atoms with Crippen LogP contribution in [-0.4, -0.2) is 32.8 Å². The highest BCUT2D eigenvalue weighted by molar-refractivity contribution is 5.72. The number of hydrogen-bond acceptors (Lipinski definition) is 4. The van der Waals surface area contributed by atoms with Crippen LogP contribution < -0.4 is 5.32 Å². The van der Waals surface area contributed by atoms with Gasteiger partial charge in [0.1, 0.15) is 0 Å². The maximum absolute atomic E-state index is 11.3. The highest BCUT2D eigenvalue weighted by Crippen LogP contribution is 2.11. The second-order valence-electron chi connectivity index (χ2n) is 4.32. The topological polar surface area (TPSA) is 47.6 Å². The molecule has 0 saturated heterocycles. The van der Waals surface area contributed by atoms with Gasteiger partial charge in [-0.1, -0.05) is 31.2 Å². The molecule has 0 spiro atoms. The molecule has 0 amide bonds. The number of methoxy groups -OCH3 is 1. The van der Waals surface area contributed by atoms with Gasteiger partial charge in [-0.15, -0.1) is 0 Å². The molecule has 1 rings (SSSR count). The molecule has 0 aromatic heterocycles. The van der Waals surface area contributed by atoms with Crippen molar-refractivity contribution in [2.24, 2.45) is 0 Å². The van der Waals surface area contributed by atoms with Gasteiger partial charge in [0.25, 0.3) is 0 Å². The van der Waals surface area contributed by atoms with Crippen molar-refractivity contribution in [2.75, 3.05) is 26.8 Å². The monoisotopic (exact) mass is 265 g/mol. The van der Waals surface area contributed by atoms with Crippen molar-refractivity contribution < 1.29 is 14.3 Å². The van der Waals surface area contributed by atoms with E-state index in [4.69, 9.17) is 4.74 Å². The number of ether oxygens (including phenoxy) is 2. The van der Waals surface area contributed by atoms with Gasteiger partial charge in [-0.05, 0) is 24.1 Å². The number of benzene rings is 1. The minimum absolute atomic E-state index is 0.225. The van der Waals surface area contributed by atoms with Gasteiger partial charge in [-0.3, -0.25) is 4.79 Å². The zero-order valence-corrected chi connectivity index (χ0v) is 11.8. The van der Waals surface area contributed by atoms with Gasteiger partial charge < -0.3 is 14.8 Å². The van der Waals surface area contributed by atoms with E-state index >= 15 is 0 Å². The van der Waals surface area contributed by atoms with Gasteiger partial charge in [0.15, 0.2) is 0 Å². The van der Waals surface area contributed by atoms with Gasteiger partial charge in [0, 0.05) is 6.54 Å². The summed E-state index contributed by atoms with van der Waals surface area (Å²) in [6.45, 7) is 5.21. The third-order valence-electron chi connectivity index (χ3n) is 2.79. The lowest BCUT2D eigenvalue weighted by atomic mass is 10.1. The lowest BCUT2D eigenvalue weighted by Gasteiger charge is -2.09. The van der Waals surface area contributed by atoms with E-state index in [1.807, 2.05) is 24.3 Å². The van der Waals surface area contributed by atoms with Crippen LogP contribution in [0.4, 0.5) is 0 Å². The normalized spacial score (nSPS) is 10.4. The van der Waals surface area contributed by atoms with Crippen molar-refractivity contribution in [1.82, 2.24) is 5.32 Å². The molecule has 4 heteroatoms. The average Bonchev–Trinajstić information content (AvgIpc) is 2.44. The largest absolute Gasteiger partial charge is 0.469 e. The van der Waals surface area contributed by atoms with Crippen LogP contribution in [0.1, 0.15) is 24.5 Å². The molecule has 0 aliphatic rings. The summed E-state index contributed by atoms with van der Waals surface area (Å²) in [5.74, 6) is -0.225. The van der Waals surface area contributed by atoms with E-state index in [9.17, 15) is 4.79 Å². The Bertz CT molecular complexity index is 379. The van der Waals surface area contributed by atoms with E-state index < -0.39 is 0 Å². The number of rotatable bonds is 9. The minimum atomic E-state index is -0.225. The first kappa shape index (κ1) is 15.7. The summed E-state index contributed by atoms with van der Waals surface area (Å²) in [6.07, 6.45) is 1.42. The van der Waals surface area contributed by atoms with Crippen molar-refractivity contribution in [1.29, 1.82) is 0 Å². The van der Waals surface area contributed by atoms with E-state index in [-0.39, 0.29) is 5.97 Å². The van der Waals surface area contributed by atoms with Crippen LogP contribution in [0.5, 0.6) is 0 Å². The van der Waals surface area contributed by atoms with Crippen molar-refractivity contribution >= 4 is 5.97 Å². The number of carbonyl (C=O) groups is 1. The number of hydrogen-bond donors (Lipinski definition) is 1. The molecule has 0 bridgehead atoms. The van der Waals surface area contributed by atoms with Crippen LogP contribution >= 0.6 is 0 Å². The zero-order valence-electron chi connectivity index (χ0n) is 11.8. The maximum atomic E-state index is 11.3. The summed E-state index contributed by atoms with van der Waals surface area (Å²) in [5, 5.41) is 3.28. The minimum Gasteiger partial charge on any atom is -0.469 e. The summed E-state index contributed by atoms with van der Waals surface area (Å²) in [6, 6.07) is 7.79. The lowest BCUT2D eigenvalue weighted by Crippen LogP contribution is -2.20. The Morgan fingerprint density at radius 2 is 1.95 bits per heavy atom. The Labute approximate surface area is 115 Å². The molecule has 0 aliphatic heterocycles. The van der Waals surface area contributed by atoms with Crippen LogP contribution in [-0.2, 0) is 27.3 Å². The summed E-state index contributed by atoms with van der Waals surface area (Å²) >= 11 is 0. The molecule has 1 aromatic carbocycles. The molecular weight excluding hydrogens is 242 g/mol. The van der Waals surface area contributed by atoms with E-state index in [1.54, 1.807) is 0 Å². The third-order valence-corrected chi connectivity index (χ3v) is 2.79. The van der Waals surface area contributed by atoms with E-state index in [2.05, 4.69) is 17.0 Å². The van der Waals surface area contributed by atoms with Crippen molar-refractivity contribution in [3.63, 3.8) is 0 Å². The molecule has 0 radical (unpaired) electrons. The summed E-state index contributed by atoms with van der Waals surface area (Å²) in [7, 11) is 1.40. The van der Waals surface area contributed by atoms with Crippen molar-refractivity contribution in [2.45, 2.75) is 26.4 Å². The number of esters is 1. The second kappa shape index (κ2) is 9.53. The molecular formula is C15H23NO3. The van der Waals surface area contributed by atoms with Crippen LogP contribution in [0, 0.1) is 0 Å². The molecule has 0 heterocycles. The van der Waals surface area contributed by atoms with Gasteiger partial charge in [-0.2, -0.15) is 0 Å². The van der Waals surface area contributed by atoms with Gasteiger partial charge in [-0.25, -0.2) is 0 Å². The number of nitrogens with one attached hydrogen (secondary N) is 1. The Morgan fingerprint density at radius 1 is 1.21 bits per heavy atom. The highest BCUT2D eigenvalue weighted by Gasteiger charge is 2.07. The van der Waals surface area contributed by atoms with E-state index in [0.717, 1.165) is 30.6 Å². The fourth-order valence-electron chi connectivity index (χ4n) is 1.73. The lowest BCUT2D eigenvalue weighted by molar-refractivity contribution is -0.139. The Kier molecular flexibility index (Phi) is 7.86. The SMILES string of the molecule is CCCNCCOCc1ccccc1CC(=O)OC. The van der Waals surface area contributed by atoms with E-state index in [1.165, 1.54) is 7.11 Å². The molecule has 1 aromatic rings. The predicted molar refractivity (Wildman–Crippen MR) is 75.0 cm³/mol. The summed E-state index contributed by atoms with van der Waals surface area (Å²) in [5.41, 5.74) is 2.01. The first-order valence-corrected chi connectivity index (χ1v) is 6.70. The highest BCUT2D eigenvalue weighted by atomic mass is 16.5. The summed E-state index contributed by atoms with van der Waals surface area (Å²) < 4.78 is 10.3. The van der Waals surface area contributed by atoms with E-state index in [0.29, 0.717) is 19.6 Å². The smallest absolute Gasteiger partial charge is 0.309 e. The van der Waals surface area contributed by atoms with Crippen molar-refractivity contribution in [3.05, 3.63) is 35.4 Å². The van der Waals surface area contributed by atoms with Gasteiger partial charge >= 0.3 is 5.97 Å². The Morgan fingerprint density at radius 3 is 2.63 bits per heavy atom. The first-order valence-electron chi connectivity index (χ1n) is 6.70. The molecule has 1 N–H and O–H groups in total. The molecule has 0 saturated carbocycles. The average molecular weight is 265 g/mol. The Hall–Kier alpha value is -1.39. The number of carbonyl (C=O) groups excluding carboxylic acids is 1. The zero-order chi connectivity index (χ0) is 13.9. The Balaban J connectivity index is 2.38. The molecule has 4 nitrogen and oxygen atoms in total. The summed E-state index contributed by atoms with van der Waals surface area (Å²) in [4.78, 5) is 11.3. The molecule has 0 fully saturated rings. The third kappa shape index (κ3) is 6.36. The first-order chi connectivity index (χ1) is 9.27. The van der Waals surface area contributed by atoms with Crippen LogP contribution in [0.3, 0.4) is 0 Å². The fourth-order valence-corrected chi connectivity index (χ4v) is 1.73. The molecule has 106 valence electrons. The van der Waals surface area contributed by atoms with Crippen LogP contribution in [0.2, 0.25) is 0 Å².